The van der Waals surface area contributed by atoms with Crippen LogP contribution in [0, 0.1) is 10.1 Å². The maximum absolute atomic E-state index is 11.9. The van der Waals surface area contributed by atoms with Crippen LogP contribution in [0.15, 0.2) is 51.1 Å². The Bertz CT molecular complexity index is 2080. The van der Waals surface area contributed by atoms with Crippen LogP contribution in [0.25, 0.3) is 0 Å². The van der Waals surface area contributed by atoms with Crippen molar-refractivity contribution in [3.05, 3.63) is 46.5 Å². The summed E-state index contributed by atoms with van der Waals surface area (Å²) in [5, 5.41) is 19.1. The molecule has 2 aromatic carbocycles. The van der Waals surface area contributed by atoms with E-state index in [2.05, 4.69) is 30.9 Å². The molecule has 0 aliphatic rings. The molecule has 46 heavy (non-hydrogen) atoms. The zero-order chi connectivity index (χ0) is 34.5. The van der Waals surface area contributed by atoms with E-state index in [0.717, 1.165) is 17.8 Å². The van der Waals surface area contributed by atoms with Crippen LogP contribution in [-0.4, -0.2) is 95.6 Å². The third kappa shape index (κ3) is 11.6. The predicted octanol–water partition coefficient (Wildman–Crippen LogP) is 1.43. The average Bonchev–Trinajstić information content (AvgIpc) is 2.89. The first-order valence-corrected chi connectivity index (χ1v) is 19.1. The lowest BCUT2D eigenvalue weighted by Crippen LogP contribution is -2.17. The molecule has 0 spiro atoms. The van der Waals surface area contributed by atoms with Crippen LogP contribution in [0.5, 0.6) is 0 Å². The van der Waals surface area contributed by atoms with Gasteiger partial charge in [0.2, 0.25) is 17.8 Å². The van der Waals surface area contributed by atoms with Gasteiger partial charge in [-0.2, -0.15) is 48.6 Å². The van der Waals surface area contributed by atoms with Crippen LogP contribution in [0.2, 0.25) is 0 Å². The van der Waals surface area contributed by atoms with Crippen LogP contribution in [-0.2, 0) is 40.5 Å². The van der Waals surface area contributed by atoms with Gasteiger partial charge < -0.3 is 16.0 Å². The van der Waals surface area contributed by atoms with Gasteiger partial charge in [-0.05, 0) is 42.5 Å². The van der Waals surface area contributed by atoms with E-state index in [1.807, 2.05) is 0 Å². The van der Waals surface area contributed by atoms with E-state index < -0.39 is 102 Å². The predicted molar refractivity (Wildman–Crippen MR) is 162 cm³/mol. The molecular formula is C20H23N7O14S5. The standard InChI is InChI=1S/C20H23N7O14S5/c28-27(29)15-10-12(2-4-16(15)42-7-1-8-43(30,31)32)22-19-24-18(21-6-9-44(33,34)35)25-20(26-19)23-14-11-13(45(36,37)38)3-5-17(14)46(39,40)41/h2-5,10-11H,1,6-9H2,(H,30,31,32)(H,33,34,35)(H,36,37,38)(H,39,40,41)(H3,21,22,23,24,25,26). The molecule has 3 rings (SSSR count). The molecule has 0 saturated carbocycles. The van der Waals surface area contributed by atoms with E-state index in [9.17, 15) is 52.9 Å². The lowest BCUT2D eigenvalue weighted by Gasteiger charge is -2.13. The third-order valence-electron chi connectivity index (χ3n) is 5.27. The number of rotatable bonds is 16. The van der Waals surface area contributed by atoms with Crippen molar-refractivity contribution >= 4 is 87.1 Å². The van der Waals surface area contributed by atoms with Crippen molar-refractivity contribution in [3.8, 4) is 0 Å². The minimum absolute atomic E-state index is 0.00108. The number of benzene rings is 2. The Balaban J connectivity index is 2.00. The maximum atomic E-state index is 11.9. The van der Waals surface area contributed by atoms with Crippen molar-refractivity contribution < 1.29 is 56.8 Å². The lowest BCUT2D eigenvalue weighted by molar-refractivity contribution is -0.387. The van der Waals surface area contributed by atoms with Gasteiger partial charge in [0.05, 0.1) is 31.9 Å². The Morgan fingerprint density at radius 1 is 0.761 bits per heavy atom. The molecule has 1 heterocycles. The maximum Gasteiger partial charge on any atom is 0.296 e. The third-order valence-corrected chi connectivity index (χ3v) is 9.70. The highest BCUT2D eigenvalue weighted by molar-refractivity contribution is 7.99. The summed E-state index contributed by atoms with van der Waals surface area (Å²) in [4.78, 5) is 21.3. The van der Waals surface area contributed by atoms with Gasteiger partial charge in [-0.25, -0.2) is 0 Å². The molecular weight excluding hydrogens is 723 g/mol. The van der Waals surface area contributed by atoms with Gasteiger partial charge in [0.15, 0.2) is 0 Å². The summed E-state index contributed by atoms with van der Waals surface area (Å²) in [6.45, 7) is -0.453. The SMILES string of the molecule is O=[N+]([O-])c1cc(Nc2nc(NCCS(=O)(=O)O)nc(Nc3cc(S(=O)(=O)O)ccc3S(=O)(=O)O)n2)ccc1SCCCS(=O)(=O)O. The summed E-state index contributed by atoms with van der Waals surface area (Å²) < 4.78 is 128. The molecule has 0 amide bonds. The number of hydrogen-bond donors (Lipinski definition) is 7. The molecule has 0 fully saturated rings. The van der Waals surface area contributed by atoms with Gasteiger partial charge >= 0.3 is 0 Å². The molecule has 7 N–H and O–H groups in total. The smallest absolute Gasteiger partial charge is 0.296 e. The number of nitro benzene ring substituents is 1. The highest BCUT2D eigenvalue weighted by Gasteiger charge is 2.22. The van der Waals surface area contributed by atoms with Crippen molar-refractivity contribution in [2.45, 2.75) is 21.1 Å². The van der Waals surface area contributed by atoms with Crippen LogP contribution >= 0.6 is 11.8 Å². The van der Waals surface area contributed by atoms with E-state index in [1.165, 1.54) is 12.1 Å². The van der Waals surface area contributed by atoms with Crippen LogP contribution in [0.3, 0.4) is 0 Å². The molecule has 0 aliphatic heterocycles. The van der Waals surface area contributed by atoms with E-state index in [-0.39, 0.29) is 22.8 Å². The van der Waals surface area contributed by atoms with Gasteiger partial charge in [0, 0.05) is 18.3 Å². The highest BCUT2D eigenvalue weighted by atomic mass is 32.2. The second-order valence-corrected chi connectivity index (χ2v) is 15.9. The summed E-state index contributed by atoms with van der Waals surface area (Å²) in [5.74, 6) is -2.58. The second kappa shape index (κ2) is 14.3. The monoisotopic (exact) mass is 745 g/mol. The Morgan fingerprint density at radius 3 is 1.93 bits per heavy atom. The Labute approximate surface area is 265 Å². The van der Waals surface area contributed by atoms with Gasteiger partial charge in [0.1, 0.15) is 4.90 Å². The summed E-state index contributed by atoms with van der Waals surface area (Å²) in [7, 11) is -18.5. The minimum Gasteiger partial charge on any atom is -0.353 e. The molecule has 26 heteroatoms. The average molecular weight is 746 g/mol. The molecule has 0 unspecified atom stereocenters. The molecule has 0 atom stereocenters. The fourth-order valence-corrected chi connectivity index (χ4v) is 6.52. The summed E-state index contributed by atoms with van der Waals surface area (Å²) in [5.41, 5.74) is -1.03. The minimum atomic E-state index is -4.99. The van der Waals surface area contributed by atoms with Gasteiger partial charge in [-0.1, -0.05) is 0 Å². The summed E-state index contributed by atoms with van der Waals surface area (Å²) in [6.07, 6.45) is 0.00108. The zero-order valence-corrected chi connectivity index (χ0v) is 26.8. The van der Waals surface area contributed by atoms with E-state index >= 15 is 0 Å². The molecule has 252 valence electrons. The molecule has 0 saturated heterocycles. The fraction of sp³-hybridized carbons (Fsp3) is 0.250. The first-order valence-electron chi connectivity index (χ1n) is 12.1. The number of hydrogen-bond acceptors (Lipinski definition) is 17. The van der Waals surface area contributed by atoms with Crippen molar-refractivity contribution in [2.24, 2.45) is 0 Å². The molecule has 3 aromatic rings. The Kier molecular flexibility index (Phi) is 11.4. The number of anilines is 5. The largest absolute Gasteiger partial charge is 0.353 e. The number of nitrogens with zero attached hydrogens (tertiary/aromatic N) is 4. The fourth-order valence-electron chi connectivity index (χ4n) is 3.38. The van der Waals surface area contributed by atoms with Crippen molar-refractivity contribution in [2.75, 3.05) is 39.8 Å². The van der Waals surface area contributed by atoms with E-state index in [4.69, 9.17) is 9.11 Å². The van der Waals surface area contributed by atoms with Gasteiger partial charge in [-0.3, -0.25) is 28.3 Å². The Morgan fingerprint density at radius 2 is 1.37 bits per heavy atom. The molecule has 0 aliphatic carbocycles. The zero-order valence-electron chi connectivity index (χ0n) is 22.7. The van der Waals surface area contributed by atoms with Gasteiger partial charge in [-0.15, -0.1) is 11.8 Å². The van der Waals surface area contributed by atoms with Crippen molar-refractivity contribution in [3.63, 3.8) is 0 Å². The van der Waals surface area contributed by atoms with Crippen LogP contribution in [0.1, 0.15) is 6.42 Å². The van der Waals surface area contributed by atoms with Crippen LogP contribution < -0.4 is 16.0 Å². The summed E-state index contributed by atoms with van der Waals surface area (Å²) >= 11 is 0.948. The molecule has 0 bridgehead atoms. The normalized spacial score (nSPS) is 12.4. The quantitative estimate of drug-likeness (QED) is 0.0358. The Hall–Kier alpha value is -3.76. The number of thioether (sulfide) groups is 1. The van der Waals surface area contributed by atoms with E-state index in [1.54, 1.807) is 0 Å². The van der Waals surface area contributed by atoms with Crippen molar-refractivity contribution in [1.29, 1.82) is 0 Å². The van der Waals surface area contributed by atoms with Crippen molar-refractivity contribution in [1.82, 2.24) is 15.0 Å². The topological polar surface area (TPSA) is 335 Å². The van der Waals surface area contributed by atoms with Gasteiger partial charge in [0.25, 0.3) is 46.2 Å². The lowest BCUT2D eigenvalue weighted by atomic mass is 10.3. The first kappa shape index (κ1) is 36.7. The molecule has 21 nitrogen and oxygen atoms in total. The molecule has 0 radical (unpaired) electrons. The number of nitro groups is 1. The highest BCUT2D eigenvalue weighted by Crippen LogP contribution is 2.33. The van der Waals surface area contributed by atoms with E-state index in [0.29, 0.717) is 18.2 Å². The van der Waals surface area contributed by atoms with Crippen LogP contribution in [0.4, 0.5) is 34.9 Å². The molecule has 1 aromatic heterocycles. The first-order chi connectivity index (χ1) is 21.1. The number of nitrogens with one attached hydrogen (secondary N) is 3. The summed E-state index contributed by atoms with van der Waals surface area (Å²) in [6, 6.07) is 5.73. The second-order valence-electron chi connectivity index (χ2n) is 8.80. The number of aromatic nitrogens is 3.